The van der Waals surface area contributed by atoms with E-state index in [9.17, 15) is 0 Å². The summed E-state index contributed by atoms with van der Waals surface area (Å²) in [5.41, 5.74) is 0. The molecule has 0 bridgehead atoms. The van der Waals surface area contributed by atoms with Crippen LogP contribution in [0.1, 0.15) is 31.1 Å². The molecule has 1 saturated carbocycles. The Morgan fingerprint density at radius 1 is 1.43 bits per heavy atom. The van der Waals surface area contributed by atoms with Gasteiger partial charge < -0.3 is 15.1 Å². The van der Waals surface area contributed by atoms with Crippen molar-refractivity contribution in [2.24, 2.45) is 10.9 Å². The van der Waals surface area contributed by atoms with Gasteiger partial charge in [-0.1, -0.05) is 6.07 Å². The van der Waals surface area contributed by atoms with E-state index in [1.807, 2.05) is 11.3 Å². The van der Waals surface area contributed by atoms with Crippen molar-refractivity contribution in [3.05, 3.63) is 22.4 Å². The predicted molar refractivity (Wildman–Crippen MR) is 99.3 cm³/mol. The summed E-state index contributed by atoms with van der Waals surface area (Å²) in [6.07, 6.45) is 5.25. The summed E-state index contributed by atoms with van der Waals surface area (Å²) in [7, 11) is 2.15. The van der Waals surface area contributed by atoms with Crippen molar-refractivity contribution in [3.63, 3.8) is 0 Å². The number of likely N-dealkylation sites (N-methyl/N-ethyl adjacent to an activating group) is 1. The number of thiophene rings is 1. The van der Waals surface area contributed by atoms with Gasteiger partial charge >= 0.3 is 0 Å². The maximum Gasteiger partial charge on any atom is 0.193 e. The lowest BCUT2D eigenvalue weighted by Crippen LogP contribution is -2.40. The monoisotopic (exact) mass is 334 g/mol. The lowest BCUT2D eigenvalue weighted by molar-refractivity contribution is 0.315. The third-order valence-corrected chi connectivity index (χ3v) is 5.79. The van der Waals surface area contributed by atoms with Crippen LogP contribution in [0.2, 0.25) is 0 Å². The predicted octanol–water partition coefficient (Wildman–Crippen LogP) is 2.67. The molecule has 1 saturated heterocycles. The van der Waals surface area contributed by atoms with E-state index in [-0.39, 0.29) is 0 Å². The van der Waals surface area contributed by atoms with Gasteiger partial charge in [0, 0.05) is 44.1 Å². The van der Waals surface area contributed by atoms with Crippen LogP contribution >= 0.6 is 11.3 Å². The highest BCUT2D eigenvalue weighted by Crippen LogP contribution is 2.31. The molecule has 2 fully saturated rings. The van der Waals surface area contributed by atoms with Crippen molar-refractivity contribution in [1.29, 1.82) is 0 Å². The Labute approximate surface area is 144 Å². The minimum absolute atomic E-state index is 0.745. The highest BCUT2D eigenvalue weighted by molar-refractivity contribution is 7.09. The van der Waals surface area contributed by atoms with Crippen LogP contribution in [0.5, 0.6) is 0 Å². The summed E-state index contributed by atoms with van der Waals surface area (Å²) in [6, 6.07) is 5.25. The SMILES string of the molecule is CCNC(=NCC1CCN(C2CC2)C1)N(C)CCc1cccs1. The first-order valence-corrected chi connectivity index (χ1v) is 9.90. The van der Waals surface area contributed by atoms with Crippen LogP contribution in [0.15, 0.2) is 22.5 Å². The molecule has 128 valence electrons. The molecule has 1 aliphatic heterocycles. The zero-order chi connectivity index (χ0) is 16.1. The van der Waals surface area contributed by atoms with Gasteiger partial charge in [0.1, 0.15) is 0 Å². The zero-order valence-corrected chi connectivity index (χ0v) is 15.3. The van der Waals surface area contributed by atoms with Crippen molar-refractivity contribution < 1.29 is 0 Å². The largest absolute Gasteiger partial charge is 0.357 e. The number of hydrogen-bond donors (Lipinski definition) is 1. The highest BCUT2D eigenvalue weighted by atomic mass is 32.1. The molecule has 23 heavy (non-hydrogen) atoms. The topological polar surface area (TPSA) is 30.9 Å². The van der Waals surface area contributed by atoms with Crippen LogP contribution < -0.4 is 5.32 Å². The molecule has 1 aromatic heterocycles. The second-order valence-corrected chi connectivity index (χ2v) is 7.86. The van der Waals surface area contributed by atoms with E-state index >= 15 is 0 Å². The van der Waals surface area contributed by atoms with E-state index in [4.69, 9.17) is 4.99 Å². The summed E-state index contributed by atoms with van der Waals surface area (Å²) < 4.78 is 0. The van der Waals surface area contributed by atoms with Gasteiger partial charge in [-0.15, -0.1) is 11.3 Å². The van der Waals surface area contributed by atoms with Crippen LogP contribution in [-0.4, -0.2) is 61.6 Å². The number of guanidine groups is 1. The van der Waals surface area contributed by atoms with Gasteiger partial charge in [0.25, 0.3) is 0 Å². The maximum atomic E-state index is 4.92. The molecule has 0 amide bonds. The Kier molecular flexibility index (Phi) is 5.95. The molecule has 1 aromatic rings. The number of nitrogens with zero attached hydrogens (tertiary/aromatic N) is 3. The van der Waals surface area contributed by atoms with E-state index in [0.717, 1.165) is 44.0 Å². The van der Waals surface area contributed by atoms with E-state index in [1.165, 1.54) is 37.2 Å². The van der Waals surface area contributed by atoms with Crippen molar-refractivity contribution in [3.8, 4) is 0 Å². The van der Waals surface area contributed by atoms with Crippen LogP contribution in [0.3, 0.4) is 0 Å². The van der Waals surface area contributed by atoms with Crippen molar-refractivity contribution in [1.82, 2.24) is 15.1 Å². The lowest BCUT2D eigenvalue weighted by Gasteiger charge is -2.22. The Morgan fingerprint density at radius 3 is 3.00 bits per heavy atom. The number of rotatable bonds is 7. The van der Waals surface area contributed by atoms with Gasteiger partial charge in [0.05, 0.1) is 0 Å². The normalized spacial score (nSPS) is 22.5. The Morgan fingerprint density at radius 2 is 2.30 bits per heavy atom. The molecule has 1 N–H and O–H groups in total. The standard InChI is InChI=1S/C18H30N4S/c1-3-19-18(21(2)10-9-17-5-4-12-23-17)20-13-15-8-11-22(14-15)16-6-7-16/h4-5,12,15-16H,3,6-11,13-14H2,1-2H3,(H,19,20). The summed E-state index contributed by atoms with van der Waals surface area (Å²) in [6.45, 7) is 7.61. The third kappa shape index (κ3) is 4.95. The minimum Gasteiger partial charge on any atom is -0.357 e. The first kappa shape index (κ1) is 16.8. The van der Waals surface area contributed by atoms with Crippen molar-refractivity contribution in [2.75, 3.05) is 39.8 Å². The van der Waals surface area contributed by atoms with Crippen molar-refractivity contribution >= 4 is 17.3 Å². The van der Waals surface area contributed by atoms with Crippen LogP contribution in [0.4, 0.5) is 0 Å². The van der Waals surface area contributed by atoms with E-state index in [0.29, 0.717) is 0 Å². The first-order chi connectivity index (χ1) is 11.3. The second kappa shape index (κ2) is 8.15. The molecule has 2 aliphatic rings. The summed E-state index contributed by atoms with van der Waals surface area (Å²) >= 11 is 1.84. The molecule has 1 atom stereocenters. The molecule has 2 heterocycles. The van der Waals surface area contributed by atoms with E-state index < -0.39 is 0 Å². The number of hydrogen-bond acceptors (Lipinski definition) is 3. The Hall–Kier alpha value is -1.07. The van der Waals surface area contributed by atoms with E-state index in [2.05, 4.69) is 46.6 Å². The highest BCUT2D eigenvalue weighted by Gasteiger charge is 2.34. The quantitative estimate of drug-likeness (QED) is 0.614. The van der Waals surface area contributed by atoms with Gasteiger partial charge in [-0.25, -0.2) is 0 Å². The van der Waals surface area contributed by atoms with E-state index in [1.54, 1.807) is 0 Å². The molecule has 3 rings (SSSR count). The fourth-order valence-electron chi connectivity index (χ4n) is 3.31. The summed E-state index contributed by atoms with van der Waals surface area (Å²) in [5.74, 6) is 1.81. The Balaban J connectivity index is 1.48. The minimum atomic E-state index is 0.745. The van der Waals surface area contributed by atoms with Gasteiger partial charge in [-0.3, -0.25) is 4.99 Å². The lowest BCUT2D eigenvalue weighted by atomic mass is 10.1. The average Bonchev–Trinajstić information content (AvgIpc) is 3.09. The average molecular weight is 335 g/mol. The summed E-state index contributed by atoms with van der Waals surface area (Å²) in [4.78, 5) is 11.3. The number of nitrogens with one attached hydrogen (secondary N) is 1. The number of aliphatic imine (C=N–C) groups is 1. The number of likely N-dealkylation sites (tertiary alicyclic amines) is 1. The molecular formula is C18H30N4S. The molecule has 4 nitrogen and oxygen atoms in total. The van der Waals surface area contributed by atoms with Gasteiger partial charge in [-0.05, 0) is 56.5 Å². The van der Waals surface area contributed by atoms with Gasteiger partial charge in [0.2, 0.25) is 0 Å². The smallest absolute Gasteiger partial charge is 0.193 e. The summed E-state index contributed by atoms with van der Waals surface area (Å²) in [5, 5.41) is 5.60. The van der Waals surface area contributed by atoms with Crippen LogP contribution in [-0.2, 0) is 6.42 Å². The second-order valence-electron chi connectivity index (χ2n) is 6.83. The molecule has 0 spiro atoms. The maximum absolute atomic E-state index is 4.92. The third-order valence-electron chi connectivity index (χ3n) is 4.85. The fraction of sp³-hybridized carbons (Fsp3) is 0.722. The van der Waals surface area contributed by atoms with Gasteiger partial charge in [0.15, 0.2) is 5.96 Å². The Bertz CT molecular complexity index is 495. The first-order valence-electron chi connectivity index (χ1n) is 9.02. The molecule has 5 heteroatoms. The van der Waals surface area contributed by atoms with Crippen molar-refractivity contribution in [2.45, 2.75) is 38.6 Å². The van der Waals surface area contributed by atoms with Gasteiger partial charge in [-0.2, -0.15) is 0 Å². The molecular weight excluding hydrogens is 304 g/mol. The molecule has 1 unspecified atom stereocenters. The molecule has 1 aliphatic carbocycles. The molecule has 0 radical (unpaired) electrons. The van der Waals surface area contributed by atoms with Crippen LogP contribution in [0.25, 0.3) is 0 Å². The van der Waals surface area contributed by atoms with Crippen LogP contribution in [0, 0.1) is 5.92 Å². The zero-order valence-electron chi connectivity index (χ0n) is 14.5. The molecule has 0 aromatic carbocycles. The fourth-order valence-corrected chi connectivity index (χ4v) is 4.01.